The molecule has 0 saturated heterocycles. The Balaban J connectivity index is 1.90. The number of thioether (sulfide) groups is 1. The summed E-state index contributed by atoms with van der Waals surface area (Å²) in [5, 5.41) is 13.0. The fourth-order valence-electron chi connectivity index (χ4n) is 1.41. The van der Waals surface area contributed by atoms with Gasteiger partial charge in [-0.3, -0.25) is 4.68 Å². The normalized spacial score (nSPS) is 10.4. The maximum Gasteiger partial charge on any atom is 0.335 e. The van der Waals surface area contributed by atoms with Crippen LogP contribution < -0.4 is 0 Å². The van der Waals surface area contributed by atoms with Crippen LogP contribution in [-0.2, 0) is 6.54 Å². The van der Waals surface area contributed by atoms with Crippen LogP contribution >= 0.6 is 11.8 Å². The Morgan fingerprint density at radius 1 is 1.41 bits per heavy atom. The van der Waals surface area contributed by atoms with Crippen LogP contribution in [0.3, 0.4) is 0 Å². The number of aromatic carboxylic acids is 1. The van der Waals surface area contributed by atoms with Crippen molar-refractivity contribution in [1.82, 2.24) is 9.78 Å². The maximum absolute atomic E-state index is 10.8. The molecule has 17 heavy (non-hydrogen) atoms. The highest BCUT2D eigenvalue weighted by Crippen LogP contribution is 2.19. The molecule has 4 nitrogen and oxygen atoms in total. The molecular weight excluding hydrogens is 236 g/mol. The Morgan fingerprint density at radius 3 is 3.00 bits per heavy atom. The van der Waals surface area contributed by atoms with E-state index >= 15 is 0 Å². The average molecular weight is 248 g/mol. The van der Waals surface area contributed by atoms with Gasteiger partial charge in [0.2, 0.25) is 0 Å². The molecule has 0 bridgehead atoms. The Bertz CT molecular complexity index is 497. The minimum Gasteiger partial charge on any atom is -0.478 e. The van der Waals surface area contributed by atoms with Crippen molar-refractivity contribution in [2.45, 2.75) is 11.4 Å². The molecule has 0 amide bonds. The van der Waals surface area contributed by atoms with Gasteiger partial charge in [-0.25, -0.2) is 4.79 Å². The summed E-state index contributed by atoms with van der Waals surface area (Å²) in [4.78, 5) is 11.8. The van der Waals surface area contributed by atoms with E-state index < -0.39 is 5.97 Å². The first-order valence-corrected chi connectivity index (χ1v) is 6.18. The second-order valence-electron chi connectivity index (χ2n) is 3.45. The van der Waals surface area contributed by atoms with E-state index in [4.69, 9.17) is 5.11 Å². The zero-order valence-electron chi connectivity index (χ0n) is 9.11. The van der Waals surface area contributed by atoms with Crippen molar-refractivity contribution >= 4 is 17.7 Å². The molecule has 2 aromatic rings. The summed E-state index contributed by atoms with van der Waals surface area (Å²) in [7, 11) is 0. The fraction of sp³-hybridized carbons (Fsp3) is 0.167. The fourth-order valence-corrected chi connectivity index (χ4v) is 2.31. The van der Waals surface area contributed by atoms with Crippen LogP contribution in [0.1, 0.15) is 10.4 Å². The molecule has 88 valence electrons. The predicted octanol–water partition coefficient (Wildman–Crippen LogP) is 2.37. The second kappa shape index (κ2) is 5.54. The van der Waals surface area contributed by atoms with Gasteiger partial charge < -0.3 is 5.11 Å². The molecule has 1 heterocycles. The second-order valence-corrected chi connectivity index (χ2v) is 4.62. The molecular formula is C12H12N2O2S. The summed E-state index contributed by atoms with van der Waals surface area (Å²) in [5.41, 5.74) is 0.328. The summed E-state index contributed by atoms with van der Waals surface area (Å²) < 4.78 is 1.86. The number of rotatable bonds is 5. The van der Waals surface area contributed by atoms with Gasteiger partial charge in [0.1, 0.15) is 0 Å². The monoisotopic (exact) mass is 248 g/mol. The first-order chi connectivity index (χ1) is 8.25. The first-order valence-electron chi connectivity index (χ1n) is 5.19. The van der Waals surface area contributed by atoms with Gasteiger partial charge in [0.25, 0.3) is 0 Å². The van der Waals surface area contributed by atoms with E-state index in [9.17, 15) is 4.79 Å². The maximum atomic E-state index is 10.8. The van der Waals surface area contributed by atoms with Crippen LogP contribution in [0.5, 0.6) is 0 Å². The molecule has 1 aromatic carbocycles. The van der Waals surface area contributed by atoms with Gasteiger partial charge >= 0.3 is 5.97 Å². The van der Waals surface area contributed by atoms with E-state index in [1.807, 2.05) is 23.0 Å². The van der Waals surface area contributed by atoms with Crippen LogP contribution in [0.25, 0.3) is 0 Å². The van der Waals surface area contributed by atoms with Gasteiger partial charge in [0.05, 0.1) is 12.1 Å². The van der Waals surface area contributed by atoms with E-state index in [1.165, 1.54) is 0 Å². The van der Waals surface area contributed by atoms with Gasteiger partial charge in [0.15, 0.2) is 0 Å². The van der Waals surface area contributed by atoms with Crippen molar-refractivity contribution in [1.29, 1.82) is 0 Å². The third-order valence-corrected chi connectivity index (χ3v) is 3.20. The molecule has 0 radical (unpaired) electrons. The topological polar surface area (TPSA) is 55.1 Å². The van der Waals surface area contributed by atoms with Crippen molar-refractivity contribution in [2.75, 3.05) is 5.75 Å². The standard InChI is InChI=1S/C12H12N2O2S/c15-12(16)10-3-1-4-11(9-10)17-8-7-14-6-2-5-13-14/h1-6,9H,7-8H2,(H,15,16). The lowest BCUT2D eigenvalue weighted by Gasteiger charge is -2.03. The molecule has 0 aliphatic heterocycles. The highest BCUT2D eigenvalue weighted by Gasteiger charge is 2.03. The van der Waals surface area contributed by atoms with Crippen LogP contribution in [0.15, 0.2) is 47.6 Å². The smallest absolute Gasteiger partial charge is 0.335 e. The number of aryl methyl sites for hydroxylation is 1. The van der Waals surface area contributed by atoms with Crippen molar-refractivity contribution < 1.29 is 9.90 Å². The number of benzene rings is 1. The van der Waals surface area contributed by atoms with Gasteiger partial charge in [0, 0.05) is 23.0 Å². The molecule has 2 rings (SSSR count). The van der Waals surface area contributed by atoms with Crippen molar-refractivity contribution in [2.24, 2.45) is 0 Å². The third-order valence-electron chi connectivity index (χ3n) is 2.23. The largest absolute Gasteiger partial charge is 0.478 e. The highest BCUT2D eigenvalue weighted by atomic mass is 32.2. The zero-order chi connectivity index (χ0) is 12.1. The number of carbonyl (C=O) groups is 1. The van der Waals surface area contributed by atoms with Gasteiger partial charge in [-0.2, -0.15) is 5.10 Å². The Labute approximate surface area is 103 Å². The summed E-state index contributed by atoms with van der Waals surface area (Å²) >= 11 is 1.63. The molecule has 0 fully saturated rings. The van der Waals surface area contributed by atoms with Crippen LogP contribution in [0, 0.1) is 0 Å². The average Bonchev–Trinajstić information content (AvgIpc) is 2.82. The van der Waals surface area contributed by atoms with Crippen LogP contribution in [0.2, 0.25) is 0 Å². The van der Waals surface area contributed by atoms with Crippen molar-refractivity contribution in [3.8, 4) is 0 Å². The van der Waals surface area contributed by atoms with Crippen LogP contribution in [-0.4, -0.2) is 26.6 Å². The summed E-state index contributed by atoms with van der Waals surface area (Å²) in [6.07, 6.45) is 3.66. The van der Waals surface area contributed by atoms with Crippen LogP contribution in [0.4, 0.5) is 0 Å². The number of aromatic nitrogens is 2. The predicted molar refractivity (Wildman–Crippen MR) is 66.4 cm³/mol. The number of carboxylic acids is 1. The van der Waals surface area contributed by atoms with Gasteiger partial charge in [-0.05, 0) is 24.3 Å². The Kier molecular flexibility index (Phi) is 3.82. The number of carboxylic acid groups (broad SMARTS) is 1. The van der Waals surface area contributed by atoms with E-state index in [2.05, 4.69) is 5.10 Å². The molecule has 1 aromatic heterocycles. The number of nitrogens with zero attached hydrogens (tertiary/aromatic N) is 2. The van der Waals surface area contributed by atoms with Crippen molar-refractivity contribution in [3.05, 3.63) is 48.3 Å². The first kappa shape index (κ1) is 11.7. The number of hydrogen-bond donors (Lipinski definition) is 1. The number of hydrogen-bond acceptors (Lipinski definition) is 3. The Morgan fingerprint density at radius 2 is 2.29 bits per heavy atom. The van der Waals surface area contributed by atoms with E-state index in [0.717, 1.165) is 17.2 Å². The third kappa shape index (κ3) is 3.35. The highest BCUT2D eigenvalue weighted by molar-refractivity contribution is 7.99. The quantitative estimate of drug-likeness (QED) is 0.825. The van der Waals surface area contributed by atoms with E-state index in [0.29, 0.717) is 5.56 Å². The molecule has 0 atom stereocenters. The van der Waals surface area contributed by atoms with Gasteiger partial charge in [-0.1, -0.05) is 6.07 Å². The SMILES string of the molecule is O=C(O)c1cccc(SCCn2cccn2)c1. The molecule has 0 aliphatic carbocycles. The van der Waals surface area contributed by atoms with E-state index in [-0.39, 0.29) is 0 Å². The summed E-state index contributed by atoms with van der Waals surface area (Å²) in [6, 6.07) is 8.85. The lowest BCUT2D eigenvalue weighted by Crippen LogP contribution is -2.00. The lowest BCUT2D eigenvalue weighted by atomic mass is 10.2. The minimum absolute atomic E-state index is 0.328. The molecule has 0 spiro atoms. The minimum atomic E-state index is -0.889. The molecule has 0 aliphatic rings. The molecule has 0 unspecified atom stereocenters. The Hall–Kier alpha value is -1.75. The zero-order valence-corrected chi connectivity index (χ0v) is 9.93. The molecule has 1 N–H and O–H groups in total. The molecule has 0 saturated carbocycles. The van der Waals surface area contributed by atoms with Gasteiger partial charge in [-0.15, -0.1) is 11.8 Å². The molecule has 5 heteroatoms. The lowest BCUT2D eigenvalue weighted by molar-refractivity contribution is 0.0696. The summed E-state index contributed by atoms with van der Waals surface area (Å²) in [5.74, 6) is -0.0235. The summed E-state index contributed by atoms with van der Waals surface area (Å²) in [6.45, 7) is 0.814. The van der Waals surface area contributed by atoms with Crippen molar-refractivity contribution in [3.63, 3.8) is 0 Å². The van der Waals surface area contributed by atoms with E-state index in [1.54, 1.807) is 36.2 Å².